The van der Waals surface area contributed by atoms with Crippen molar-refractivity contribution >= 4 is 23.1 Å². The number of hydrogen-bond donors (Lipinski definition) is 0. The van der Waals surface area contributed by atoms with Crippen molar-refractivity contribution < 1.29 is 0 Å². The predicted molar refractivity (Wildman–Crippen MR) is 269 cm³/mol. The summed E-state index contributed by atoms with van der Waals surface area (Å²) < 4.78 is 0. The third-order valence-electron chi connectivity index (χ3n) is 13.5. The van der Waals surface area contributed by atoms with Gasteiger partial charge in [0.15, 0.2) is 0 Å². The molecular formula is C63H43N. The number of hydrogen-bond acceptors (Lipinski definition) is 1. The molecule has 0 aromatic heterocycles. The fraction of sp³-hybridized carbons (Fsp3) is 0.0159. The van der Waals surface area contributed by atoms with Gasteiger partial charge < -0.3 is 4.90 Å². The molecule has 10 aromatic rings. The van der Waals surface area contributed by atoms with Crippen LogP contribution in [0.1, 0.15) is 27.8 Å². The Labute approximate surface area is 375 Å². The molecule has 12 rings (SSSR count). The van der Waals surface area contributed by atoms with Gasteiger partial charge in [-0.1, -0.05) is 201 Å². The molecule has 10 aromatic carbocycles. The van der Waals surface area contributed by atoms with Gasteiger partial charge in [0.1, 0.15) is 0 Å². The van der Waals surface area contributed by atoms with E-state index in [1.54, 1.807) is 0 Å². The molecule has 0 aliphatic heterocycles. The molecule has 1 unspecified atom stereocenters. The van der Waals surface area contributed by atoms with E-state index in [4.69, 9.17) is 0 Å². The SMILES string of the molecule is C=Cc1cccc(-c2ccc3c(c2)C2(c4ccccc4-c4ccc(-c5ccc(N(c6ccc(-c7ccccc7)cc6)c6ccc(-c7ccccc7)cc6)cc5)cc42)c2ccccc2-3)c1. The quantitative estimate of drug-likeness (QED) is 0.148. The van der Waals surface area contributed by atoms with Crippen molar-refractivity contribution in [2.45, 2.75) is 5.41 Å². The van der Waals surface area contributed by atoms with Gasteiger partial charge in [-0.15, -0.1) is 0 Å². The van der Waals surface area contributed by atoms with E-state index in [1.807, 2.05) is 6.08 Å². The summed E-state index contributed by atoms with van der Waals surface area (Å²) in [7, 11) is 0. The molecule has 0 saturated carbocycles. The third kappa shape index (κ3) is 6.01. The monoisotopic (exact) mass is 813 g/mol. The van der Waals surface area contributed by atoms with Crippen LogP contribution in [0.2, 0.25) is 0 Å². The maximum Gasteiger partial charge on any atom is 0.0725 e. The van der Waals surface area contributed by atoms with Crippen LogP contribution in [-0.4, -0.2) is 0 Å². The molecule has 0 N–H and O–H groups in total. The van der Waals surface area contributed by atoms with Crippen LogP contribution >= 0.6 is 0 Å². The van der Waals surface area contributed by atoms with Crippen LogP contribution in [0.5, 0.6) is 0 Å². The Morgan fingerprint density at radius 1 is 0.281 bits per heavy atom. The second-order valence-electron chi connectivity index (χ2n) is 16.9. The molecule has 1 heteroatoms. The Hall–Kier alpha value is -8.26. The lowest BCUT2D eigenvalue weighted by molar-refractivity contribution is 0.794. The van der Waals surface area contributed by atoms with Crippen molar-refractivity contribution in [1.29, 1.82) is 0 Å². The summed E-state index contributed by atoms with van der Waals surface area (Å²) in [6, 6.07) is 89.2. The summed E-state index contributed by atoms with van der Waals surface area (Å²) in [5, 5.41) is 0. The van der Waals surface area contributed by atoms with Crippen molar-refractivity contribution in [3.63, 3.8) is 0 Å². The summed E-state index contributed by atoms with van der Waals surface area (Å²) in [6.45, 7) is 4.06. The molecule has 0 radical (unpaired) electrons. The fourth-order valence-corrected chi connectivity index (χ4v) is 10.5. The van der Waals surface area contributed by atoms with Gasteiger partial charge >= 0.3 is 0 Å². The summed E-state index contributed by atoms with van der Waals surface area (Å²) in [5.74, 6) is 0. The summed E-state index contributed by atoms with van der Waals surface area (Å²) in [5.41, 5.74) is 24.1. The largest absolute Gasteiger partial charge is 0.311 e. The molecule has 0 fully saturated rings. The highest BCUT2D eigenvalue weighted by Crippen LogP contribution is 2.63. The molecule has 1 atom stereocenters. The van der Waals surface area contributed by atoms with Gasteiger partial charge in [-0.25, -0.2) is 0 Å². The highest BCUT2D eigenvalue weighted by Gasteiger charge is 2.51. The minimum Gasteiger partial charge on any atom is -0.311 e. The molecule has 64 heavy (non-hydrogen) atoms. The summed E-state index contributed by atoms with van der Waals surface area (Å²) in [6.07, 6.45) is 1.93. The van der Waals surface area contributed by atoms with Crippen molar-refractivity contribution in [3.05, 3.63) is 277 Å². The van der Waals surface area contributed by atoms with Crippen molar-refractivity contribution in [3.8, 4) is 66.8 Å². The van der Waals surface area contributed by atoms with E-state index in [-0.39, 0.29) is 0 Å². The maximum atomic E-state index is 4.06. The van der Waals surface area contributed by atoms with Crippen LogP contribution in [0.15, 0.2) is 249 Å². The Morgan fingerprint density at radius 3 is 1.09 bits per heavy atom. The average Bonchev–Trinajstić information content (AvgIpc) is 3.84. The van der Waals surface area contributed by atoms with Gasteiger partial charge in [0.05, 0.1) is 5.41 Å². The third-order valence-corrected chi connectivity index (χ3v) is 13.5. The lowest BCUT2D eigenvalue weighted by Gasteiger charge is -2.31. The van der Waals surface area contributed by atoms with Gasteiger partial charge in [-0.2, -0.15) is 0 Å². The highest BCUT2D eigenvalue weighted by atomic mass is 15.1. The molecule has 1 spiro atoms. The van der Waals surface area contributed by atoms with E-state index < -0.39 is 5.41 Å². The minimum absolute atomic E-state index is 0.464. The van der Waals surface area contributed by atoms with Crippen molar-refractivity contribution in [1.82, 2.24) is 0 Å². The number of nitrogens with zero attached hydrogens (tertiary/aromatic N) is 1. The first-order valence-corrected chi connectivity index (χ1v) is 22.1. The molecule has 0 heterocycles. The van der Waals surface area contributed by atoms with E-state index >= 15 is 0 Å². The second-order valence-corrected chi connectivity index (χ2v) is 16.9. The second kappa shape index (κ2) is 15.3. The first-order chi connectivity index (χ1) is 31.7. The predicted octanol–water partition coefficient (Wildman–Crippen LogP) is 16.8. The van der Waals surface area contributed by atoms with Gasteiger partial charge in [0.25, 0.3) is 0 Å². The molecule has 1 nitrogen and oxygen atoms in total. The van der Waals surface area contributed by atoms with E-state index in [1.165, 1.54) is 89.0 Å². The molecule has 0 amide bonds. The van der Waals surface area contributed by atoms with Crippen LogP contribution in [0, 0.1) is 0 Å². The lowest BCUT2D eigenvalue weighted by atomic mass is 9.70. The first-order valence-electron chi connectivity index (χ1n) is 22.1. The van der Waals surface area contributed by atoms with Crippen LogP contribution in [0.25, 0.3) is 72.8 Å². The smallest absolute Gasteiger partial charge is 0.0725 e. The van der Waals surface area contributed by atoms with Crippen LogP contribution in [0.4, 0.5) is 17.1 Å². The topological polar surface area (TPSA) is 3.24 Å². The van der Waals surface area contributed by atoms with Gasteiger partial charge in [0, 0.05) is 17.1 Å². The first kappa shape index (κ1) is 37.5. The average molecular weight is 814 g/mol. The Kier molecular flexibility index (Phi) is 8.95. The van der Waals surface area contributed by atoms with E-state index in [0.29, 0.717) is 0 Å². The van der Waals surface area contributed by atoms with E-state index in [9.17, 15) is 0 Å². The van der Waals surface area contributed by atoms with Crippen LogP contribution < -0.4 is 4.90 Å². The normalized spacial score (nSPS) is 14.1. The van der Waals surface area contributed by atoms with E-state index in [0.717, 1.165) is 22.6 Å². The molecule has 300 valence electrons. The molecular weight excluding hydrogens is 771 g/mol. The molecule has 2 aliphatic rings. The maximum absolute atomic E-state index is 4.06. The zero-order chi connectivity index (χ0) is 42.6. The van der Waals surface area contributed by atoms with Gasteiger partial charge in [-0.05, 0) is 149 Å². The minimum atomic E-state index is -0.464. The Morgan fingerprint density at radius 2 is 0.625 bits per heavy atom. The standard InChI is InChI=1S/C63H43N/c1-2-43-14-13-19-49(40-43)51-31-39-58-56-21-10-12-23-60(56)63(62(58)42-51)59-22-11-9-20-55(59)57-38-30-50(41-61(57)63)48-28-36-54(37-29-48)64(52-32-24-46(25-33-52)44-15-5-3-6-16-44)53-34-26-47(27-35-53)45-17-7-4-8-18-45/h2-42H,1H2. The fourth-order valence-electron chi connectivity index (χ4n) is 10.5. The zero-order valence-electron chi connectivity index (χ0n) is 35.3. The van der Waals surface area contributed by atoms with Gasteiger partial charge in [-0.3, -0.25) is 0 Å². The number of rotatable bonds is 8. The zero-order valence-corrected chi connectivity index (χ0v) is 35.3. The molecule has 0 bridgehead atoms. The lowest BCUT2D eigenvalue weighted by Crippen LogP contribution is -2.26. The molecule has 0 saturated heterocycles. The highest BCUT2D eigenvalue weighted by molar-refractivity contribution is 5.97. The summed E-state index contributed by atoms with van der Waals surface area (Å²) in [4.78, 5) is 2.36. The van der Waals surface area contributed by atoms with Crippen LogP contribution in [-0.2, 0) is 5.41 Å². The van der Waals surface area contributed by atoms with Crippen LogP contribution in [0.3, 0.4) is 0 Å². The van der Waals surface area contributed by atoms with E-state index in [2.05, 4.69) is 254 Å². The van der Waals surface area contributed by atoms with Crippen molar-refractivity contribution in [2.24, 2.45) is 0 Å². The Bertz CT molecular complexity index is 3270. The summed E-state index contributed by atoms with van der Waals surface area (Å²) >= 11 is 0. The Balaban J connectivity index is 0.972. The number of benzene rings is 10. The van der Waals surface area contributed by atoms with Gasteiger partial charge in [0.2, 0.25) is 0 Å². The molecule has 2 aliphatic carbocycles. The number of fused-ring (bicyclic) bond motifs is 10. The van der Waals surface area contributed by atoms with Crippen molar-refractivity contribution in [2.75, 3.05) is 4.90 Å². The number of anilines is 3.